The number of nitrogens with two attached hydrogens (primary N) is 1. The van der Waals surface area contributed by atoms with Gasteiger partial charge in [-0.2, -0.15) is 0 Å². The first-order chi connectivity index (χ1) is 9.89. The molecule has 1 aliphatic heterocycles. The minimum absolute atomic E-state index is 0.181. The molecule has 1 aliphatic rings. The number of rotatable bonds is 2. The largest absolute Gasteiger partial charge is 0.326 e. The summed E-state index contributed by atoms with van der Waals surface area (Å²) in [6, 6.07) is 9.06. The number of fused-ring (bicyclic) bond motifs is 1. The van der Waals surface area contributed by atoms with E-state index < -0.39 is 10.0 Å². The summed E-state index contributed by atoms with van der Waals surface area (Å²) in [5, 5.41) is 0. The Kier molecular flexibility index (Phi) is 3.85. The van der Waals surface area contributed by atoms with Crippen LogP contribution in [-0.4, -0.2) is 21.0 Å². The summed E-state index contributed by atoms with van der Waals surface area (Å²) >= 11 is 4.62. The lowest BCUT2D eigenvalue weighted by Gasteiger charge is -2.33. The van der Waals surface area contributed by atoms with E-state index in [1.807, 2.05) is 31.2 Å². The van der Waals surface area contributed by atoms with Crippen LogP contribution in [0.3, 0.4) is 0 Å². The van der Waals surface area contributed by atoms with E-state index in [0.717, 1.165) is 20.6 Å². The van der Waals surface area contributed by atoms with Crippen LogP contribution < -0.4 is 10.0 Å². The van der Waals surface area contributed by atoms with Crippen LogP contribution in [0.1, 0.15) is 11.1 Å². The lowest BCUT2D eigenvalue weighted by molar-refractivity contribution is 0.577. The summed E-state index contributed by atoms with van der Waals surface area (Å²) in [6.07, 6.45) is 0.704. The van der Waals surface area contributed by atoms with Crippen molar-refractivity contribution in [3.63, 3.8) is 0 Å². The van der Waals surface area contributed by atoms with Crippen LogP contribution in [0.15, 0.2) is 38.3 Å². The minimum atomic E-state index is -3.57. The molecule has 2 aromatic rings. The molecule has 0 amide bonds. The number of nitrogens with zero attached hydrogens (tertiary/aromatic N) is 1. The second kappa shape index (κ2) is 5.39. The minimum Gasteiger partial charge on any atom is -0.326 e. The van der Waals surface area contributed by atoms with Crippen molar-refractivity contribution in [1.82, 2.24) is 0 Å². The maximum Gasteiger partial charge on any atom is 0.273 e. The third kappa shape index (κ3) is 2.63. The fourth-order valence-electron chi connectivity index (χ4n) is 2.48. The van der Waals surface area contributed by atoms with Gasteiger partial charge >= 0.3 is 0 Å². The highest BCUT2D eigenvalue weighted by molar-refractivity contribution is 9.11. The number of halogens is 1. The Hall–Kier alpha value is -0.890. The number of thiophene rings is 1. The average molecular weight is 387 g/mol. The molecule has 0 spiro atoms. The van der Waals surface area contributed by atoms with Crippen LogP contribution in [0, 0.1) is 6.92 Å². The lowest BCUT2D eigenvalue weighted by Crippen LogP contribution is -2.46. The van der Waals surface area contributed by atoms with Gasteiger partial charge < -0.3 is 5.73 Å². The number of benzene rings is 1. The maximum absolute atomic E-state index is 12.9. The number of para-hydroxylation sites is 1. The molecule has 0 aliphatic carbocycles. The van der Waals surface area contributed by atoms with Crippen LogP contribution in [0.25, 0.3) is 0 Å². The van der Waals surface area contributed by atoms with E-state index in [9.17, 15) is 8.42 Å². The van der Waals surface area contributed by atoms with Gasteiger partial charge in [-0.3, -0.25) is 4.31 Å². The van der Waals surface area contributed by atoms with E-state index >= 15 is 0 Å². The van der Waals surface area contributed by atoms with Crippen molar-refractivity contribution in [3.8, 4) is 0 Å². The molecule has 1 unspecified atom stereocenters. The molecule has 7 heteroatoms. The normalized spacial score (nSPS) is 18.6. The number of hydrogen-bond acceptors (Lipinski definition) is 4. The Balaban J connectivity index is 2.11. The molecule has 1 aromatic carbocycles. The number of anilines is 1. The van der Waals surface area contributed by atoms with Crippen LogP contribution in [0.2, 0.25) is 0 Å². The Morgan fingerprint density at radius 2 is 2.10 bits per heavy atom. The molecule has 1 aromatic heterocycles. The van der Waals surface area contributed by atoms with Gasteiger partial charge in [-0.15, -0.1) is 11.3 Å². The zero-order valence-electron chi connectivity index (χ0n) is 11.4. The summed E-state index contributed by atoms with van der Waals surface area (Å²) in [7, 11) is -3.57. The highest BCUT2D eigenvalue weighted by Crippen LogP contribution is 2.36. The van der Waals surface area contributed by atoms with Crippen molar-refractivity contribution >= 4 is 43.0 Å². The van der Waals surface area contributed by atoms with Gasteiger partial charge in [0.2, 0.25) is 0 Å². The quantitative estimate of drug-likeness (QED) is 0.862. The smallest absolute Gasteiger partial charge is 0.273 e. The van der Waals surface area contributed by atoms with Crippen molar-refractivity contribution in [2.24, 2.45) is 5.73 Å². The van der Waals surface area contributed by atoms with Crippen molar-refractivity contribution < 1.29 is 8.42 Å². The standard InChI is InChI=1S/C14H15BrN2O2S2/c1-9-6-13(20-14(9)15)21(18,19)17-8-11(16)7-10-4-2-3-5-12(10)17/h2-6,11H,7-8,16H2,1H3. The SMILES string of the molecule is Cc1cc(S(=O)(=O)N2CC(N)Cc3ccccc32)sc1Br. The van der Waals surface area contributed by atoms with Crippen molar-refractivity contribution in [3.05, 3.63) is 45.2 Å². The second-order valence-corrected chi connectivity index (χ2v) is 9.61. The molecule has 4 nitrogen and oxygen atoms in total. The van der Waals surface area contributed by atoms with Gasteiger partial charge in [0.05, 0.1) is 9.47 Å². The predicted molar refractivity (Wildman–Crippen MR) is 89.4 cm³/mol. The van der Waals surface area contributed by atoms with E-state index in [0.29, 0.717) is 17.2 Å². The zero-order valence-corrected chi connectivity index (χ0v) is 14.6. The van der Waals surface area contributed by atoms with E-state index in [1.165, 1.54) is 15.6 Å². The molecule has 0 fully saturated rings. The van der Waals surface area contributed by atoms with Gasteiger partial charge in [0, 0.05) is 12.6 Å². The summed E-state index contributed by atoms with van der Waals surface area (Å²) in [5.74, 6) is 0. The van der Waals surface area contributed by atoms with Gasteiger partial charge in [0.15, 0.2) is 0 Å². The molecule has 3 rings (SSSR count). The Bertz CT molecular complexity index is 767. The molecule has 1 atom stereocenters. The van der Waals surface area contributed by atoms with Gasteiger partial charge in [-0.1, -0.05) is 18.2 Å². The topological polar surface area (TPSA) is 63.4 Å². The Morgan fingerprint density at radius 1 is 1.38 bits per heavy atom. The second-order valence-electron chi connectivity index (χ2n) is 5.15. The maximum atomic E-state index is 12.9. The Labute approximate surface area is 136 Å². The number of aryl methyl sites for hydroxylation is 1. The third-order valence-corrected chi connectivity index (χ3v) is 7.89. The molecule has 0 saturated heterocycles. The first-order valence-corrected chi connectivity index (χ1v) is 9.56. The molecule has 0 radical (unpaired) electrons. The number of hydrogen-bond donors (Lipinski definition) is 1. The van der Waals surface area contributed by atoms with E-state index in [-0.39, 0.29) is 6.04 Å². The fourth-order valence-corrected chi connectivity index (χ4v) is 6.38. The van der Waals surface area contributed by atoms with Crippen LogP contribution in [-0.2, 0) is 16.4 Å². The zero-order chi connectivity index (χ0) is 15.2. The van der Waals surface area contributed by atoms with Crippen molar-refractivity contribution in [2.45, 2.75) is 23.6 Å². The van der Waals surface area contributed by atoms with Gasteiger partial charge in [0.25, 0.3) is 10.0 Å². The molecule has 112 valence electrons. The third-order valence-electron chi connectivity index (χ3n) is 3.52. The van der Waals surface area contributed by atoms with Crippen molar-refractivity contribution in [2.75, 3.05) is 10.8 Å². The summed E-state index contributed by atoms with van der Waals surface area (Å²) < 4.78 is 28.5. The summed E-state index contributed by atoms with van der Waals surface area (Å²) in [5.41, 5.74) is 8.68. The highest BCUT2D eigenvalue weighted by atomic mass is 79.9. The number of sulfonamides is 1. The molecular weight excluding hydrogens is 372 g/mol. The highest BCUT2D eigenvalue weighted by Gasteiger charge is 2.33. The van der Waals surface area contributed by atoms with E-state index in [2.05, 4.69) is 15.9 Å². The Morgan fingerprint density at radius 3 is 2.76 bits per heavy atom. The van der Waals surface area contributed by atoms with Crippen LogP contribution in [0.4, 0.5) is 5.69 Å². The van der Waals surface area contributed by atoms with E-state index in [1.54, 1.807) is 6.07 Å². The summed E-state index contributed by atoms with van der Waals surface area (Å²) in [4.78, 5) is 0. The lowest BCUT2D eigenvalue weighted by atomic mass is 10.0. The first-order valence-electron chi connectivity index (χ1n) is 6.52. The molecule has 0 bridgehead atoms. The van der Waals surface area contributed by atoms with Gasteiger partial charge in [-0.25, -0.2) is 8.42 Å². The molecular formula is C14H15BrN2O2S2. The summed E-state index contributed by atoms with van der Waals surface area (Å²) in [6.45, 7) is 2.20. The van der Waals surface area contributed by atoms with E-state index in [4.69, 9.17) is 5.73 Å². The predicted octanol–water partition coefficient (Wildman–Crippen LogP) is 2.90. The van der Waals surface area contributed by atoms with Crippen molar-refractivity contribution in [1.29, 1.82) is 0 Å². The van der Waals surface area contributed by atoms with Gasteiger partial charge in [0.1, 0.15) is 4.21 Å². The van der Waals surface area contributed by atoms with Crippen LogP contribution in [0.5, 0.6) is 0 Å². The van der Waals surface area contributed by atoms with Crippen LogP contribution >= 0.6 is 27.3 Å². The first kappa shape index (κ1) is 15.0. The fraction of sp³-hybridized carbons (Fsp3) is 0.286. The molecule has 2 N–H and O–H groups in total. The molecule has 2 heterocycles. The average Bonchev–Trinajstić information content (AvgIpc) is 2.78. The molecule has 21 heavy (non-hydrogen) atoms. The monoisotopic (exact) mass is 386 g/mol. The van der Waals surface area contributed by atoms with Gasteiger partial charge in [-0.05, 0) is 52.5 Å². The molecule has 0 saturated carbocycles.